The highest BCUT2D eigenvalue weighted by molar-refractivity contribution is 5.73. The van der Waals surface area contributed by atoms with Crippen molar-refractivity contribution >= 4 is 11.4 Å². The zero-order chi connectivity index (χ0) is 12.3. The van der Waals surface area contributed by atoms with Gasteiger partial charge in [0.05, 0.1) is 11.4 Å². The van der Waals surface area contributed by atoms with Crippen LogP contribution in [0.4, 0.5) is 11.4 Å². The van der Waals surface area contributed by atoms with Gasteiger partial charge in [-0.1, -0.05) is 36.4 Å². The second kappa shape index (κ2) is 4.78. The second-order valence-corrected chi connectivity index (χ2v) is 3.98. The van der Waals surface area contributed by atoms with Crippen molar-refractivity contribution in [1.29, 1.82) is 0 Å². The largest absolute Gasteiger partial charge is 0.487 e. The number of ether oxygens (including phenoxy) is 1. The maximum absolute atomic E-state index is 5.90. The molecule has 88 valence electrons. The summed E-state index contributed by atoms with van der Waals surface area (Å²) in [5.41, 5.74) is 14.9. The van der Waals surface area contributed by atoms with Gasteiger partial charge in [0.15, 0.2) is 0 Å². The maximum atomic E-state index is 5.90. The molecule has 0 unspecified atom stereocenters. The molecular weight excluding hydrogens is 212 g/mol. The summed E-state index contributed by atoms with van der Waals surface area (Å²) in [6.45, 7) is 2.42. The van der Waals surface area contributed by atoms with Crippen molar-refractivity contribution in [3.8, 4) is 5.75 Å². The lowest BCUT2D eigenvalue weighted by molar-refractivity contribution is 0.308. The van der Waals surface area contributed by atoms with Gasteiger partial charge in [-0.25, -0.2) is 0 Å². The zero-order valence-corrected chi connectivity index (χ0v) is 9.81. The summed E-state index contributed by atoms with van der Waals surface area (Å²) >= 11 is 0. The lowest BCUT2D eigenvalue weighted by atomic mass is 10.1. The summed E-state index contributed by atoms with van der Waals surface area (Å²) in [5, 5.41) is 0. The van der Waals surface area contributed by atoms with Crippen LogP contribution < -0.4 is 16.2 Å². The average molecular weight is 228 g/mol. The predicted octanol–water partition coefficient (Wildman–Crippen LogP) is 2.74. The van der Waals surface area contributed by atoms with E-state index in [9.17, 15) is 0 Å². The zero-order valence-electron chi connectivity index (χ0n) is 9.81. The lowest BCUT2D eigenvalue weighted by Gasteiger charge is -2.12. The Kier molecular flexibility index (Phi) is 3.19. The molecule has 0 saturated carbocycles. The summed E-state index contributed by atoms with van der Waals surface area (Å²) in [6, 6.07) is 13.7. The third-order valence-electron chi connectivity index (χ3n) is 2.70. The van der Waals surface area contributed by atoms with E-state index in [1.807, 2.05) is 49.4 Å². The fourth-order valence-electron chi connectivity index (χ4n) is 1.59. The van der Waals surface area contributed by atoms with Crippen molar-refractivity contribution in [3.05, 3.63) is 53.6 Å². The smallest absolute Gasteiger partial charge is 0.144 e. The van der Waals surface area contributed by atoms with E-state index in [1.54, 1.807) is 0 Å². The number of nitrogens with two attached hydrogens (primary N) is 2. The van der Waals surface area contributed by atoms with Gasteiger partial charge in [0.2, 0.25) is 0 Å². The molecule has 3 heteroatoms. The Morgan fingerprint density at radius 1 is 0.941 bits per heavy atom. The quantitative estimate of drug-likeness (QED) is 0.794. The van der Waals surface area contributed by atoms with Gasteiger partial charge in [0, 0.05) is 0 Å². The SMILES string of the molecule is Cc1ccc(OCc2ccccc2)c(N)c1N. The van der Waals surface area contributed by atoms with Crippen LogP contribution in [0.1, 0.15) is 11.1 Å². The van der Waals surface area contributed by atoms with Crippen molar-refractivity contribution in [2.45, 2.75) is 13.5 Å². The van der Waals surface area contributed by atoms with Crippen LogP contribution in [0.15, 0.2) is 42.5 Å². The van der Waals surface area contributed by atoms with Crippen molar-refractivity contribution in [2.24, 2.45) is 0 Å². The van der Waals surface area contributed by atoms with E-state index in [-0.39, 0.29) is 0 Å². The summed E-state index contributed by atoms with van der Waals surface area (Å²) in [7, 11) is 0. The van der Waals surface area contributed by atoms with Crippen molar-refractivity contribution < 1.29 is 4.74 Å². The van der Waals surface area contributed by atoms with Gasteiger partial charge in [-0.3, -0.25) is 0 Å². The monoisotopic (exact) mass is 228 g/mol. The maximum Gasteiger partial charge on any atom is 0.144 e. The lowest BCUT2D eigenvalue weighted by Crippen LogP contribution is -2.02. The van der Waals surface area contributed by atoms with Gasteiger partial charge in [0.25, 0.3) is 0 Å². The van der Waals surface area contributed by atoms with E-state index in [2.05, 4.69) is 0 Å². The van der Waals surface area contributed by atoms with Crippen LogP contribution in [0.3, 0.4) is 0 Å². The minimum Gasteiger partial charge on any atom is -0.487 e. The Labute approximate surface area is 101 Å². The molecule has 2 aromatic rings. The van der Waals surface area contributed by atoms with Crippen molar-refractivity contribution in [3.63, 3.8) is 0 Å². The van der Waals surface area contributed by atoms with Crippen molar-refractivity contribution in [1.82, 2.24) is 0 Å². The fraction of sp³-hybridized carbons (Fsp3) is 0.143. The number of benzene rings is 2. The van der Waals surface area contributed by atoms with Gasteiger partial charge in [0.1, 0.15) is 12.4 Å². The standard InChI is InChI=1S/C14H16N2O/c1-10-7-8-12(14(16)13(10)15)17-9-11-5-3-2-4-6-11/h2-8H,9,15-16H2,1H3. The molecule has 0 amide bonds. The topological polar surface area (TPSA) is 61.3 Å². The Morgan fingerprint density at radius 2 is 1.65 bits per heavy atom. The van der Waals surface area contributed by atoms with Crippen LogP contribution in [0.2, 0.25) is 0 Å². The Bertz CT molecular complexity index is 509. The minimum absolute atomic E-state index is 0.494. The number of rotatable bonds is 3. The van der Waals surface area contributed by atoms with E-state index < -0.39 is 0 Å². The van der Waals surface area contributed by atoms with E-state index in [1.165, 1.54) is 0 Å². The molecule has 17 heavy (non-hydrogen) atoms. The Hall–Kier alpha value is -2.16. The van der Waals surface area contributed by atoms with Crippen LogP contribution in [0, 0.1) is 6.92 Å². The fourth-order valence-corrected chi connectivity index (χ4v) is 1.59. The van der Waals surface area contributed by atoms with Crippen LogP contribution in [-0.4, -0.2) is 0 Å². The van der Waals surface area contributed by atoms with Gasteiger partial charge in [-0.2, -0.15) is 0 Å². The van der Waals surface area contributed by atoms with Crippen LogP contribution >= 0.6 is 0 Å². The third kappa shape index (κ3) is 2.50. The first-order valence-electron chi connectivity index (χ1n) is 5.50. The molecule has 4 N–H and O–H groups in total. The molecule has 0 saturated heterocycles. The summed E-state index contributed by atoms with van der Waals surface area (Å²) in [6.07, 6.45) is 0. The highest BCUT2D eigenvalue weighted by Gasteiger charge is 2.06. The first-order valence-corrected chi connectivity index (χ1v) is 5.50. The number of aryl methyl sites for hydroxylation is 1. The van der Waals surface area contributed by atoms with Gasteiger partial charge >= 0.3 is 0 Å². The number of nitrogen functional groups attached to an aromatic ring is 2. The predicted molar refractivity (Wildman–Crippen MR) is 70.8 cm³/mol. The van der Waals surface area contributed by atoms with Gasteiger partial charge in [-0.05, 0) is 24.1 Å². The molecule has 0 radical (unpaired) electrons. The first kappa shape index (κ1) is 11.3. The highest BCUT2D eigenvalue weighted by atomic mass is 16.5. The molecule has 0 fully saturated rings. The molecule has 0 spiro atoms. The molecule has 0 heterocycles. The molecule has 0 aliphatic rings. The second-order valence-electron chi connectivity index (χ2n) is 3.98. The number of anilines is 2. The summed E-state index contributed by atoms with van der Waals surface area (Å²) in [5.74, 6) is 0.636. The van der Waals surface area contributed by atoms with Gasteiger partial charge in [-0.15, -0.1) is 0 Å². The molecule has 0 atom stereocenters. The summed E-state index contributed by atoms with van der Waals surface area (Å²) in [4.78, 5) is 0. The number of hydrogen-bond acceptors (Lipinski definition) is 3. The average Bonchev–Trinajstić information content (AvgIpc) is 2.36. The van der Waals surface area contributed by atoms with Crippen LogP contribution in [0.25, 0.3) is 0 Å². The molecule has 0 bridgehead atoms. The molecule has 0 aliphatic carbocycles. The van der Waals surface area contributed by atoms with E-state index in [0.29, 0.717) is 23.7 Å². The molecule has 0 aromatic heterocycles. The van der Waals surface area contributed by atoms with Crippen LogP contribution in [0.5, 0.6) is 5.75 Å². The highest BCUT2D eigenvalue weighted by Crippen LogP contribution is 2.30. The molecule has 3 nitrogen and oxygen atoms in total. The molecule has 0 aliphatic heterocycles. The van der Waals surface area contributed by atoms with Gasteiger partial charge < -0.3 is 16.2 Å². The number of hydrogen-bond donors (Lipinski definition) is 2. The normalized spacial score (nSPS) is 10.2. The minimum atomic E-state index is 0.494. The first-order chi connectivity index (χ1) is 8.18. The van der Waals surface area contributed by atoms with E-state index >= 15 is 0 Å². The van der Waals surface area contributed by atoms with Crippen LogP contribution in [-0.2, 0) is 6.61 Å². The Morgan fingerprint density at radius 3 is 2.35 bits per heavy atom. The van der Waals surface area contributed by atoms with E-state index in [4.69, 9.17) is 16.2 Å². The summed E-state index contributed by atoms with van der Waals surface area (Å²) < 4.78 is 5.65. The Balaban J connectivity index is 2.13. The molecule has 2 aromatic carbocycles. The van der Waals surface area contributed by atoms with Crippen molar-refractivity contribution in [2.75, 3.05) is 11.5 Å². The molecular formula is C14H16N2O. The third-order valence-corrected chi connectivity index (χ3v) is 2.70. The molecule has 2 rings (SSSR count). The van der Waals surface area contributed by atoms with E-state index in [0.717, 1.165) is 11.1 Å².